The zero-order valence-corrected chi connectivity index (χ0v) is 35.2. The van der Waals surface area contributed by atoms with E-state index in [9.17, 15) is 57.0 Å². The van der Waals surface area contributed by atoms with Gasteiger partial charge in [-0.2, -0.15) is 33.7 Å². The number of phenols is 1. The van der Waals surface area contributed by atoms with Crippen LogP contribution in [0.25, 0.3) is 43.1 Å². The molecule has 64 heavy (non-hydrogen) atoms. The first-order valence-electron chi connectivity index (χ1n) is 17.9. The molecule has 0 radical (unpaired) electrons. The number of fused-ring (bicyclic) bond motifs is 4. The van der Waals surface area contributed by atoms with E-state index in [0.717, 1.165) is 42.5 Å². The first-order chi connectivity index (χ1) is 30.1. The van der Waals surface area contributed by atoms with Crippen LogP contribution >= 0.6 is 0 Å². The molecule has 24 heteroatoms. The predicted molar refractivity (Wildman–Crippen MR) is 234 cm³/mol. The topological polar surface area (TPSA) is 338 Å². The maximum Gasteiger partial charge on any atom is 0.296 e. The third-order valence-electron chi connectivity index (χ3n) is 9.75. The number of nitrogens with two attached hydrogens (primary N) is 1. The molecule has 8 aromatic rings. The Kier molecular flexibility index (Phi) is 10.8. The van der Waals surface area contributed by atoms with Gasteiger partial charge in [0.15, 0.2) is 5.75 Å². The minimum atomic E-state index is -4.99. The summed E-state index contributed by atoms with van der Waals surface area (Å²) in [7, 11) is -19.3. The molecule has 0 saturated heterocycles. The number of hydrogen-bond donors (Lipinski definition) is 6. The van der Waals surface area contributed by atoms with Gasteiger partial charge in [0.2, 0.25) is 0 Å². The van der Waals surface area contributed by atoms with Crippen molar-refractivity contribution in [3.8, 4) is 5.75 Å². The van der Waals surface area contributed by atoms with E-state index in [1.165, 1.54) is 54.6 Å². The smallest absolute Gasteiger partial charge is 0.296 e. The molecular formula is C40H27N7O13S4. The number of anilines is 1. The zero-order valence-electron chi connectivity index (χ0n) is 31.9. The van der Waals surface area contributed by atoms with Gasteiger partial charge in [-0.05, 0) is 102 Å². The Bertz CT molecular complexity index is 3880. The van der Waals surface area contributed by atoms with E-state index in [1.807, 2.05) is 0 Å². The number of phenolic OH excluding ortho intramolecular Hbond substituents is 1. The minimum Gasteiger partial charge on any atom is -0.505 e. The Morgan fingerprint density at radius 1 is 0.359 bits per heavy atom. The molecule has 324 valence electrons. The van der Waals surface area contributed by atoms with Crippen molar-refractivity contribution in [2.75, 3.05) is 5.73 Å². The molecule has 20 nitrogen and oxygen atoms in total. The van der Waals surface area contributed by atoms with Crippen molar-refractivity contribution in [1.29, 1.82) is 0 Å². The van der Waals surface area contributed by atoms with Gasteiger partial charge >= 0.3 is 0 Å². The SMILES string of the molecule is Nc1ccc2c(O)c(N=Nc3ccc(N=Nc4ccc(N=Nc5cc6c(S(=O)(=O)O)cccc6cc5S(=O)(=O)O)c5ccc(S(=O)(=O)O)cc45)c4ccc(S(=O)(=O)O)cc34)ccc2c1. The number of benzene rings is 8. The number of aromatic hydroxyl groups is 1. The lowest BCUT2D eigenvalue weighted by atomic mass is 10.1. The molecule has 0 fully saturated rings. The van der Waals surface area contributed by atoms with Crippen LogP contribution < -0.4 is 5.73 Å². The number of nitrogens with zero attached hydrogens (tertiary/aromatic N) is 6. The van der Waals surface area contributed by atoms with E-state index < -0.39 is 65.7 Å². The van der Waals surface area contributed by atoms with Gasteiger partial charge in [0.1, 0.15) is 21.2 Å². The number of nitrogen functional groups attached to an aromatic ring is 1. The lowest BCUT2D eigenvalue weighted by molar-refractivity contribution is 0.481. The van der Waals surface area contributed by atoms with E-state index >= 15 is 0 Å². The van der Waals surface area contributed by atoms with Crippen LogP contribution in [0.1, 0.15) is 0 Å². The molecule has 0 saturated carbocycles. The molecule has 0 aliphatic carbocycles. The van der Waals surface area contributed by atoms with E-state index in [2.05, 4.69) is 30.7 Å². The number of azo groups is 3. The highest BCUT2D eigenvalue weighted by molar-refractivity contribution is 7.86. The molecular weight excluding hydrogens is 915 g/mol. The van der Waals surface area contributed by atoms with Crippen molar-refractivity contribution in [2.24, 2.45) is 30.7 Å². The van der Waals surface area contributed by atoms with Crippen molar-refractivity contribution in [3.05, 3.63) is 121 Å². The molecule has 0 aliphatic rings. The van der Waals surface area contributed by atoms with Crippen molar-refractivity contribution in [1.82, 2.24) is 0 Å². The van der Waals surface area contributed by atoms with Crippen molar-refractivity contribution >= 4 is 123 Å². The second kappa shape index (κ2) is 15.9. The highest BCUT2D eigenvalue weighted by Gasteiger charge is 2.22. The van der Waals surface area contributed by atoms with Crippen LogP contribution in [0.5, 0.6) is 5.75 Å². The summed E-state index contributed by atoms with van der Waals surface area (Å²) in [5, 5.41) is 37.5. The van der Waals surface area contributed by atoms with E-state index in [1.54, 1.807) is 24.3 Å². The average molecular weight is 942 g/mol. The molecule has 0 spiro atoms. The first-order valence-corrected chi connectivity index (χ1v) is 23.7. The Hall–Kier alpha value is -7.16. The Labute approximate surface area is 361 Å². The van der Waals surface area contributed by atoms with E-state index in [0.29, 0.717) is 16.5 Å². The van der Waals surface area contributed by atoms with Gasteiger partial charge in [-0.3, -0.25) is 18.2 Å². The normalized spacial score (nSPS) is 13.1. The van der Waals surface area contributed by atoms with E-state index in [4.69, 9.17) is 5.73 Å². The number of hydrogen-bond acceptors (Lipinski definition) is 16. The highest BCUT2D eigenvalue weighted by atomic mass is 32.2. The van der Waals surface area contributed by atoms with Crippen LogP contribution in [0.3, 0.4) is 0 Å². The zero-order chi connectivity index (χ0) is 45.9. The predicted octanol–water partition coefficient (Wildman–Crippen LogP) is 9.82. The van der Waals surface area contributed by atoms with Gasteiger partial charge < -0.3 is 10.8 Å². The molecule has 0 bridgehead atoms. The molecule has 0 aliphatic heterocycles. The molecule has 0 atom stereocenters. The lowest BCUT2D eigenvalue weighted by Gasteiger charge is -2.09. The maximum atomic E-state index is 12.4. The summed E-state index contributed by atoms with van der Waals surface area (Å²) in [6.45, 7) is 0. The fraction of sp³-hybridized carbons (Fsp3) is 0. The van der Waals surface area contributed by atoms with Gasteiger partial charge in [-0.1, -0.05) is 30.3 Å². The monoisotopic (exact) mass is 941 g/mol. The first kappa shape index (κ1) is 43.5. The third-order valence-corrected chi connectivity index (χ3v) is 13.2. The summed E-state index contributed by atoms with van der Waals surface area (Å²) >= 11 is 0. The number of rotatable bonds is 10. The summed E-state index contributed by atoms with van der Waals surface area (Å²) in [6.07, 6.45) is 0. The van der Waals surface area contributed by atoms with Crippen LogP contribution in [0.15, 0.2) is 172 Å². The molecule has 7 N–H and O–H groups in total. The average Bonchev–Trinajstić information content (AvgIpc) is 3.22. The Balaban J connectivity index is 1.23. The van der Waals surface area contributed by atoms with Gasteiger partial charge in [-0.15, -0.1) is 30.7 Å². The standard InChI is InChI=1S/C40H27N7O13S4/c41-23-5-8-26-22(16-23)4-11-36(40(26)48)46-45-35-15-12-32(27-9-6-25(19-31(27)35)62(52,53)54)42-44-34-14-13-33(28-10-7-24(18-30(28)34)61(49,50)51)43-47-37-20-29-21(17-39(37)64(58,59)60)2-1-3-38(29)63(55,56)57/h1-20,48H,41H2,(H,49,50,51)(H,52,53,54)(H,55,56,57)(H,58,59,60). The minimum absolute atomic E-state index is 0.0122. The lowest BCUT2D eigenvalue weighted by Crippen LogP contribution is -2.01. The molecule has 0 unspecified atom stereocenters. The quantitative estimate of drug-likeness (QED) is 0.0422. The largest absolute Gasteiger partial charge is 0.505 e. The van der Waals surface area contributed by atoms with E-state index in [-0.39, 0.29) is 66.5 Å². The van der Waals surface area contributed by atoms with Crippen LogP contribution in [0, 0.1) is 0 Å². The summed E-state index contributed by atoms with van der Waals surface area (Å²) in [5.41, 5.74) is 6.02. The van der Waals surface area contributed by atoms with Crippen molar-refractivity contribution in [3.63, 3.8) is 0 Å². The highest BCUT2D eigenvalue weighted by Crippen LogP contribution is 2.42. The molecule has 8 rings (SSSR count). The van der Waals surface area contributed by atoms with Gasteiger partial charge in [0.05, 0.1) is 32.5 Å². The second-order valence-electron chi connectivity index (χ2n) is 13.8. The second-order valence-corrected chi connectivity index (χ2v) is 19.5. The molecule has 0 amide bonds. The molecule has 8 aromatic carbocycles. The summed E-state index contributed by atoms with van der Waals surface area (Å²) in [6, 6.07) is 26.0. The van der Waals surface area contributed by atoms with Crippen molar-refractivity contribution in [2.45, 2.75) is 19.6 Å². The van der Waals surface area contributed by atoms with Crippen molar-refractivity contribution < 1.29 is 57.0 Å². The van der Waals surface area contributed by atoms with Gasteiger partial charge in [0, 0.05) is 38.0 Å². The van der Waals surface area contributed by atoms with Gasteiger partial charge in [-0.25, -0.2) is 0 Å². The maximum absolute atomic E-state index is 12.4. The molecule has 0 aromatic heterocycles. The third kappa shape index (κ3) is 8.61. The van der Waals surface area contributed by atoms with Gasteiger partial charge in [0.25, 0.3) is 40.5 Å². The summed E-state index contributed by atoms with van der Waals surface area (Å²) in [4.78, 5) is -2.40. The van der Waals surface area contributed by atoms with Crippen LogP contribution in [0.2, 0.25) is 0 Å². The van der Waals surface area contributed by atoms with Crippen LogP contribution in [0.4, 0.5) is 39.8 Å². The summed E-state index contributed by atoms with van der Waals surface area (Å²) in [5.74, 6) is -0.197. The van der Waals surface area contributed by atoms with Crippen LogP contribution in [-0.4, -0.2) is 57.0 Å². The Morgan fingerprint density at radius 2 is 0.797 bits per heavy atom. The fourth-order valence-corrected chi connectivity index (χ4v) is 9.12. The fourth-order valence-electron chi connectivity index (χ4n) is 6.76. The van der Waals surface area contributed by atoms with Crippen LogP contribution in [-0.2, 0) is 40.5 Å². The summed E-state index contributed by atoms with van der Waals surface area (Å²) < 4.78 is 137. The molecule has 0 heterocycles. The Morgan fingerprint density at radius 3 is 1.30 bits per heavy atom.